The number of hydrogen-bond acceptors (Lipinski definition) is 2. The lowest BCUT2D eigenvalue weighted by atomic mass is 10.1. The number of fused-ring (bicyclic) bond motifs is 2. The van der Waals surface area contributed by atoms with E-state index in [0.717, 1.165) is 32.3 Å². The number of carbonyl (C=O) groups excluding carboxylic acids is 1. The molecule has 0 spiro atoms. The number of anilines is 1. The molecule has 5 heteroatoms. The predicted octanol–water partition coefficient (Wildman–Crippen LogP) is 5.17. The number of nitrogens with one attached hydrogen (secondary N) is 1. The minimum atomic E-state index is -0.138. The van der Waals surface area contributed by atoms with Crippen molar-refractivity contribution in [2.45, 2.75) is 20.4 Å². The summed E-state index contributed by atoms with van der Waals surface area (Å²) in [7, 11) is 0. The van der Waals surface area contributed by atoms with Gasteiger partial charge in [0.05, 0.1) is 11.0 Å². The van der Waals surface area contributed by atoms with E-state index in [1.807, 2.05) is 79.1 Å². The zero-order valence-electron chi connectivity index (χ0n) is 15.6. The summed E-state index contributed by atoms with van der Waals surface area (Å²) in [4.78, 5) is 25.8. The Morgan fingerprint density at radius 3 is 2.50 bits per heavy atom. The highest BCUT2D eigenvalue weighted by Crippen LogP contribution is 2.22. The van der Waals surface area contributed by atoms with Gasteiger partial charge in [-0.15, -0.1) is 0 Å². The van der Waals surface area contributed by atoms with Crippen LogP contribution in [0.25, 0.3) is 21.8 Å². The third-order valence-corrected chi connectivity index (χ3v) is 5.38. The second-order valence-electron chi connectivity index (χ2n) is 6.96. The molecular formula is C23H19BrN2O2. The lowest BCUT2D eigenvalue weighted by Crippen LogP contribution is -2.22. The van der Waals surface area contributed by atoms with E-state index in [0.29, 0.717) is 10.8 Å². The quantitative estimate of drug-likeness (QED) is 0.452. The minimum absolute atomic E-state index is 0.00490. The van der Waals surface area contributed by atoms with Crippen LogP contribution in [0.3, 0.4) is 0 Å². The monoisotopic (exact) mass is 434 g/mol. The van der Waals surface area contributed by atoms with E-state index in [1.165, 1.54) is 0 Å². The van der Waals surface area contributed by atoms with Gasteiger partial charge in [0, 0.05) is 20.9 Å². The van der Waals surface area contributed by atoms with Crippen molar-refractivity contribution in [1.82, 2.24) is 4.57 Å². The second kappa shape index (κ2) is 7.24. The van der Waals surface area contributed by atoms with Gasteiger partial charge in [0.2, 0.25) is 5.91 Å². The van der Waals surface area contributed by atoms with E-state index >= 15 is 0 Å². The van der Waals surface area contributed by atoms with Crippen LogP contribution in [0.1, 0.15) is 11.1 Å². The number of hydrogen-bond donors (Lipinski definition) is 1. The molecule has 4 aromatic rings. The highest BCUT2D eigenvalue weighted by molar-refractivity contribution is 9.10. The molecule has 0 aliphatic carbocycles. The number of carbonyl (C=O) groups is 1. The van der Waals surface area contributed by atoms with Gasteiger partial charge in [0.1, 0.15) is 6.54 Å². The van der Waals surface area contributed by atoms with Crippen LogP contribution in [-0.4, -0.2) is 10.5 Å². The van der Waals surface area contributed by atoms with Gasteiger partial charge in [-0.2, -0.15) is 0 Å². The molecule has 28 heavy (non-hydrogen) atoms. The average Bonchev–Trinajstić information content (AvgIpc) is 2.67. The normalized spacial score (nSPS) is 11.1. The molecule has 0 radical (unpaired) electrons. The van der Waals surface area contributed by atoms with Gasteiger partial charge in [-0.25, -0.2) is 0 Å². The standard InChI is InChI=1S/C23H19BrN2O2/c1-14-7-10-21-18(11-14)23(28)17-5-3-4-6-20(17)26(21)13-22(27)25-19-9-8-16(24)12-15(19)2/h3-12H,13H2,1-2H3,(H,25,27). The number of para-hydroxylation sites is 1. The second-order valence-corrected chi connectivity index (χ2v) is 7.88. The summed E-state index contributed by atoms with van der Waals surface area (Å²) in [5, 5.41) is 4.23. The Morgan fingerprint density at radius 2 is 1.71 bits per heavy atom. The summed E-state index contributed by atoms with van der Waals surface area (Å²) in [5.41, 5.74) is 4.28. The van der Waals surface area contributed by atoms with Crippen molar-refractivity contribution < 1.29 is 4.79 Å². The molecule has 1 aromatic heterocycles. The van der Waals surface area contributed by atoms with Crippen LogP contribution < -0.4 is 10.7 Å². The maximum atomic E-state index is 12.9. The van der Waals surface area contributed by atoms with Crippen LogP contribution in [0.2, 0.25) is 0 Å². The first kappa shape index (κ1) is 18.4. The molecule has 0 unspecified atom stereocenters. The van der Waals surface area contributed by atoms with Crippen molar-refractivity contribution in [3.8, 4) is 0 Å². The maximum Gasteiger partial charge on any atom is 0.244 e. The number of aryl methyl sites for hydroxylation is 2. The van der Waals surface area contributed by atoms with Gasteiger partial charge in [0.15, 0.2) is 5.43 Å². The van der Waals surface area contributed by atoms with Gasteiger partial charge in [-0.3, -0.25) is 9.59 Å². The summed E-state index contributed by atoms with van der Waals surface area (Å²) in [6.45, 7) is 4.03. The van der Waals surface area contributed by atoms with Crippen LogP contribution in [0.4, 0.5) is 5.69 Å². The minimum Gasteiger partial charge on any atom is -0.331 e. The van der Waals surface area contributed by atoms with E-state index in [4.69, 9.17) is 0 Å². The largest absolute Gasteiger partial charge is 0.331 e. The molecule has 4 nitrogen and oxygen atoms in total. The van der Waals surface area contributed by atoms with Crippen molar-refractivity contribution in [2.24, 2.45) is 0 Å². The molecule has 1 heterocycles. The van der Waals surface area contributed by atoms with Crippen molar-refractivity contribution in [3.63, 3.8) is 0 Å². The third-order valence-electron chi connectivity index (χ3n) is 4.89. The lowest BCUT2D eigenvalue weighted by Gasteiger charge is -2.16. The molecule has 4 rings (SSSR count). The highest BCUT2D eigenvalue weighted by Gasteiger charge is 2.14. The molecule has 140 valence electrons. The van der Waals surface area contributed by atoms with Gasteiger partial charge < -0.3 is 9.88 Å². The van der Waals surface area contributed by atoms with E-state index < -0.39 is 0 Å². The van der Waals surface area contributed by atoms with E-state index in [-0.39, 0.29) is 17.9 Å². The van der Waals surface area contributed by atoms with Crippen molar-refractivity contribution in [1.29, 1.82) is 0 Å². The summed E-state index contributed by atoms with van der Waals surface area (Å²) < 4.78 is 2.88. The zero-order valence-corrected chi connectivity index (χ0v) is 17.2. The topological polar surface area (TPSA) is 51.1 Å². The zero-order chi connectivity index (χ0) is 19.8. The third kappa shape index (κ3) is 3.34. The first-order chi connectivity index (χ1) is 13.4. The van der Waals surface area contributed by atoms with Gasteiger partial charge in [-0.05, 0) is 61.9 Å². The summed E-state index contributed by atoms with van der Waals surface area (Å²) in [5.74, 6) is -0.138. The number of amides is 1. The van der Waals surface area contributed by atoms with Gasteiger partial charge in [-0.1, -0.05) is 39.7 Å². The SMILES string of the molecule is Cc1ccc2c(c1)c(=O)c1ccccc1n2CC(=O)Nc1ccc(Br)cc1C. The summed E-state index contributed by atoms with van der Waals surface area (Å²) >= 11 is 3.44. The van der Waals surface area contributed by atoms with Gasteiger partial charge in [0.25, 0.3) is 0 Å². The molecule has 0 aliphatic heterocycles. The summed E-state index contributed by atoms with van der Waals surface area (Å²) in [6, 6.07) is 18.9. The lowest BCUT2D eigenvalue weighted by molar-refractivity contribution is -0.116. The molecule has 0 saturated carbocycles. The number of halogens is 1. The smallest absolute Gasteiger partial charge is 0.244 e. The highest BCUT2D eigenvalue weighted by atomic mass is 79.9. The van der Waals surface area contributed by atoms with Crippen LogP contribution in [-0.2, 0) is 11.3 Å². The number of aromatic nitrogens is 1. The predicted molar refractivity (Wildman–Crippen MR) is 118 cm³/mol. The Balaban J connectivity index is 1.81. The molecule has 3 aromatic carbocycles. The van der Waals surface area contributed by atoms with Crippen molar-refractivity contribution in [3.05, 3.63) is 86.5 Å². The van der Waals surface area contributed by atoms with Gasteiger partial charge >= 0.3 is 0 Å². The van der Waals surface area contributed by atoms with Crippen LogP contribution in [0.15, 0.2) is 69.9 Å². The Labute approximate surface area is 170 Å². The van der Waals surface area contributed by atoms with E-state index in [9.17, 15) is 9.59 Å². The number of nitrogens with zero attached hydrogens (tertiary/aromatic N) is 1. The molecule has 1 N–H and O–H groups in total. The fourth-order valence-electron chi connectivity index (χ4n) is 3.51. The Hall–Kier alpha value is -2.92. The van der Waals surface area contributed by atoms with Crippen LogP contribution >= 0.6 is 15.9 Å². The summed E-state index contributed by atoms with van der Waals surface area (Å²) in [6.07, 6.45) is 0. The first-order valence-electron chi connectivity index (χ1n) is 9.02. The van der Waals surface area contributed by atoms with E-state index in [2.05, 4.69) is 21.2 Å². The number of benzene rings is 3. The number of pyridine rings is 1. The fraction of sp³-hybridized carbons (Fsp3) is 0.130. The number of rotatable bonds is 3. The molecule has 1 amide bonds. The van der Waals surface area contributed by atoms with Crippen LogP contribution in [0, 0.1) is 13.8 Å². The first-order valence-corrected chi connectivity index (χ1v) is 9.81. The van der Waals surface area contributed by atoms with Crippen LogP contribution in [0.5, 0.6) is 0 Å². The molecule has 0 fully saturated rings. The molecule has 0 atom stereocenters. The maximum absolute atomic E-state index is 12.9. The van der Waals surface area contributed by atoms with E-state index in [1.54, 1.807) is 0 Å². The Bertz CT molecular complexity index is 1290. The molecule has 0 saturated heterocycles. The van der Waals surface area contributed by atoms with Crippen molar-refractivity contribution in [2.75, 3.05) is 5.32 Å². The molecule has 0 bridgehead atoms. The Morgan fingerprint density at radius 1 is 0.964 bits per heavy atom. The fourth-order valence-corrected chi connectivity index (χ4v) is 3.99. The Kier molecular flexibility index (Phi) is 4.77. The molecular weight excluding hydrogens is 416 g/mol. The molecule has 0 aliphatic rings. The average molecular weight is 435 g/mol. The van der Waals surface area contributed by atoms with Crippen molar-refractivity contribution >= 4 is 49.3 Å².